The summed E-state index contributed by atoms with van der Waals surface area (Å²) in [5.74, 6) is 2.13. The molecule has 0 radical (unpaired) electrons. The summed E-state index contributed by atoms with van der Waals surface area (Å²) in [7, 11) is 0. The summed E-state index contributed by atoms with van der Waals surface area (Å²) in [4.78, 5) is 24.6. The number of nitrogens with one attached hydrogen (secondary N) is 1. The van der Waals surface area contributed by atoms with Crippen molar-refractivity contribution >= 4 is 40.3 Å². The van der Waals surface area contributed by atoms with Crippen molar-refractivity contribution in [1.82, 2.24) is 19.8 Å². The van der Waals surface area contributed by atoms with Crippen molar-refractivity contribution in [3.05, 3.63) is 47.0 Å². The molecule has 0 unspecified atom stereocenters. The van der Waals surface area contributed by atoms with E-state index in [1.165, 1.54) is 17.3 Å². The molecule has 1 fully saturated rings. The smallest absolute Gasteiger partial charge is 0.233 e. The first-order valence-corrected chi connectivity index (χ1v) is 11.2. The number of imidazole rings is 1. The number of rotatable bonds is 5. The van der Waals surface area contributed by atoms with E-state index in [9.17, 15) is 4.79 Å². The van der Waals surface area contributed by atoms with Crippen LogP contribution in [-0.2, 0) is 11.3 Å². The van der Waals surface area contributed by atoms with Crippen molar-refractivity contribution in [3.63, 3.8) is 0 Å². The number of ether oxygens (including phenoxy) is 2. The summed E-state index contributed by atoms with van der Waals surface area (Å²) in [6.45, 7) is 4.32. The number of thioether (sulfide) groups is 1. The summed E-state index contributed by atoms with van der Waals surface area (Å²) < 4.78 is 10.8. The maximum Gasteiger partial charge on any atom is 0.233 e. The van der Waals surface area contributed by atoms with Crippen molar-refractivity contribution in [2.45, 2.75) is 11.7 Å². The van der Waals surface area contributed by atoms with Crippen LogP contribution in [0, 0.1) is 0 Å². The van der Waals surface area contributed by atoms with Crippen LogP contribution in [0.5, 0.6) is 11.5 Å². The second-order valence-electron chi connectivity index (χ2n) is 7.34. The molecule has 1 amide bonds. The number of amides is 1. The molecule has 3 heterocycles. The van der Waals surface area contributed by atoms with Gasteiger partial charge in [-0.05, 0) is 35.9 Å². The number of hydrogen-bond acceptors (Lipinski definition) is 6. The zero-order valence-electron chi connectivity index (χ0n) is 16.3. The maximum absolute atomic E-state index is 12.6. The van der Waals surface area contributed by atoms with Crippen molar-refractivity contribution in [2.24, 2.45) is 0 Å². The van der Waals surface area contributed by atoms with Crippen molar-refractivity contribution < 1.29 is 14.3 Å². The third-order valence-corrected chi connectivity index (χ3v) is 6.42. The summed E-state index contributed by atoms with van der Waals surface area (Å²) in [6.07, 6.45) is 0. The fraction of sp³-hybridized carbons (Fsp3) is 0.333. The number of halogens is 1. The van der Waals surface area contributed by atoms with Gasteiger partial charge < -0.3 is 19.4 Å². The van der Waals surface area contributed by atoms with E-state index in [1.54, 1.807) is 0 Å². The van der Waals surface area contributed by atoms with E-state index in [0.29, 0.717) is 17.6 Å². The van der Waals surface area contributed by atoms with Gasteiger partial charge in [0, 0.05) is 37.7 Å². The molecule has 0 aliphatic carbocycles. The number of hydrogen-bond donors (Lipinski definition) is 1. The Morgan fingerprint density at radius 2 is 1.93 bits per heavy atom. The van der Waals surface area contributed by atoms with Crippen molar-refractivity contribution in [3.8, 4) is 11.5 Å². The molecule has 0 saturated carbocycles. The summed E-state index contributed by atoms with van der Waals surface area (Å²) in [5.41, 5.74) is 2.93. The van der Waals surface area contributed by atoms with Gasteiger partial charge in [-0.25, -0.2) is 4.98 Å². The highest BCUT2D eigenvalue weighted by atomic mass is 35.5. The van der Waals surface area contributed by atoms with E-state index in [1.807, 2.05) is 35.2 Å². The van der Waals surface area contributed by atoms with E-state index in [-0.39, 0.29) is 5.91 Å². The maximum atomic E-state index is 12.6. The Labute approximate surface area is 183 Å². The Kier molecular flexibility index (Phi) is 5.45. The lowest BCUT2D eigenvalue weighted by atomic mass is 10.1. The van der Waals surface area contributed by atoms with Crippen LogP contribution in [0.3, 0.4) is 0 Å². The minimum Gasteiger partial charge on any atom is -0.454 e. The molecule has 1 N–H and O–H groups in total. The molecule has 2 aliphatic heterocycles. The molecular weight excluding hydrogens is 424 g/mol. The predicted octanol–water partition coefficient (Wildman–Crippen LogP) is 3.38. The van der Waals surface area contributed by atoms with Gasteiger partial charge in [0.05, 0.1) is 16.8 Å². The number of aromatic nitrogens is 2. The highest BCUT2D eigenvalue weighted by Gasteiger charge is 2.22. The number of piperazine rings is 1. The molecule has 2 aliphatic rings. The first-order valence-electron chi connectivity index (χ1n) is 9.81. The number of H-pyrrole nitrogens is 1. The number of benzene rings is 2. The van der Waals surface area contributed by atoms with Crippen LogP contribution in [-0.4, -0.2) is 64.4 Å². The molecule has 9 heteroatoms. The van der Waals surface area contributed by atoms with Gasteiger partial charge in [0.15, 0.2) is 16.7 Å². The zero-order chi connectivity index (χ0) is 20.5. The normalized spacial score (nSPS) is 16.4. The van der Waals surface area contributed by atoms with E-state index < -0.39 is 0 Å². The van der Waals surface area contributed by atoms with Crippen LogP contribution in [0.25, 0.3) is 11.0 Å². The highest BCUT2D eigenvalue weighted by Crippen LogP contribution is 2.33. The standard InChI is InChI=1S/C21H21ClN4O3S/c22-15-2-3-16-17(10-15)24-21(23-16)30-12-20(27)26-7-5-25(6-8-26)11-14-1-4-18-19(9-14)29-13-28-18/h1-4,9-10H,5-8,11-13H2,(H,23,24). The Morgan fingerprint density at radius 1 is 1.10 bits per heavy atom. The predicted molar refractivity (Wildman–Crippen MR) is 116 cm³/mol. The Morgan fingerprint density at radius 3 is 2.80 bits per heavy atom. The zero-order valence-corrected chi connectivity index (χ0v) is 17.8. The number of carbonyl (C=O) groups is 1. The molecule has 0 bridgehead atoms. The molecule has 5 rings (SSSR count). The molecule has 1 aromatic heterocycles. The van der Waals surface area contributed by atoms with Crippen LogP contribution >= 0.6 is 23.4 Å². The second kappa shape index (κ2) is 8.37. The molecule has 1 saturated heterocycles. The number of nitrogens with zero attached hydrogens (tertiary/aromatic N) is 3. The third kappa shape index (κ3) is 4.21. The molecule has 2 aromatic carbocycles. The summed E-state index contributed by atoms with van der Waals surface area (Å²) >= 11 is 7.44. The molecule has 30 heavy (non-hydrogen) atoms. The SMILES string of the molecule is O=C(CSc1nc2ccc(Cl)cc2[nH]1)N1CCN(Cc2ccc3c(c2)OCO3)CC1. The number of aromatic amines is 1. The van der Waals surface area contributed by atoms with Crippen LogP contribution in [0.1, 0.15) is 5.56 Å². The van der Waals surface area contributed by atoms with Crippen molar-refractivity contribution in [1.29, 1.82) is 0 Å². The molecule has 0 atom stereocenters. The molecular formula is C21H21ClN4O3S. The quantitative estimate of drug-likeness (QED) is 0.608. The lowest BCUT2D eigenvalue weighted by Crippen LogP contribution is -2.48. The molecule has 156 valence electrons. The Balaban J connectivity index is 1.11. The molecule has 7 nitrogen and oxygen atoms in total. The van der Waals surface area contributed by atoms with Gasteiger partial charge in [0.1, 0.15) is 0 Å². The topological polar surface area (TPSA) is 70.7 Å². The van der Waals surface area contributed by atoms with Crippen LogP contribution in [0.15, 0.2) is 41.6 Å². The van der Waals surface area contributed by atoms with Crippen molar-refractivity contribution in [2.75, 3.05) is 38.7 Å². The summed E-state index contributed by atoms with van der Waals surface area (Å²) in [5, 5.41) is 1.40. The lowest BCUT2D eigenvalue weighted by molar-refractivity contribution is -0.130. The minimum absolute atomic E-state index is 0.140. The lowest BCUT2D eigenvalue weighted by Gasteiger charge is -2.34. The van der Waals surface area contributed by atoms with E-state index in [2.05, 4.69) is 20.9 Å². The average Bonchev–Trinajstić information content (AvgIpc) is 3.38. The van der Waals surface area contributed by atoms with Gasteiger partial charge in [0.25, 0.3) is 0 Å². The highest BCUT2D eigenvalue weighted by molar-refractivity contribution is 7.99. The van der Waals surface area contributed by atoms with Gasteiger partial charge in [-0.15, -0.1) is 0 Å². The molecule has 3 aromatic rings. The van der Waals surface area contributed by atoms with Crippen LogP contribution < -0.4 is 9.47 Å². The molecule has 0 spiro atoms. The van der Waals surface area contributed by atoms with Gasteiger partial charge in [-0.1, -0.05) is 29.4 Å². The monoisotopic (exact) mass is 444 g/mol. The number of carbonyl (C=O) groups excluding carboxylic acids is 1. The Hall–Kier alpha value is -2.42. The fourth-order valence-corrected chi connectivity index (χ4v) is 4.66. The van der Waals surface area contributed by atoms with E-state index in [4.69, 9.17) is 21.1 Å². The minimum atomic E-state index is 0.140. The van der Waals surface area contributed by atoms with Crippen LogP contribution in [0.4, 0.5) is 0 Å². The third-order valence-electron chi connectivity index (χ3n) is 5.32. The van der Waals surface area contributed by atoms with E-state index >= 15 is 0 Å². The Bertz CT molecular complexity index is 1080. The largest absolute Gasteiger partial charge is 0.454 e. The van der Waals surface area contributed by atoms with Gasteiger partial charge in [-0.2, -0.15) is 0 Å². The van der Waals surface area contributed by atoms with E-state index in [0.717, 1.165) is 60.4 Å². The number of fused-ring (bicyclic) bond motifs is 2. The second-order valence-corrected chi connectivity index (χ2v) is 8.74. The van der Waals surface area contributed by atoms with Gasteiger partial charge in [-0.3, -0.25) is 9.69 Å². The summed E-state index contributed by atoms with van der Waals surface area (Å²) in [6, 6.07) is 11.6. The van der Waals surface area contributed by atoms with Gasteiger partial charge in [0.2, 0.25) is 12.7 Å². The van der Waals surface area contributed by atoms with Gasteiger partial charge >= 0.3 is 0 Å². The first kappa shape index (κ1) is 19.5. The first-order chi connectivity index (χ1) is 14.6. The fourth-order valence-electron chi connectivity index (χ4n) is 3.70. The average molecular weight is 445 g/mol. The van der Waals surface area contributed by atoms with Crippen LogP contribution in [0.2, 0.25) is 5.02 Å².